The normalized spacial score (nSPS) is 11.8. The van der Waals surface area contributed by atoms with E-state index in [-0.39, 0.29) is 17.6 Å². The molecule has 1 aromatic carbocycles. The van der Waals surface area contributed by atoms with Crippen molar-refractivity contribution in [3.05, 3.63) is 29.8 Å². The van der Waals surface area contributed by atoms with E-state index in [0.717, 1.165) is 18.9 Å². The summed E-state index contributed by atoms with van der Waals surface area (Å²) < 4.78 is 39.5. The monoisotopic (exact) mass is 301 g/mol. The van der Waals surface area contributed by atoms with Crippen LogP contribution in [0, 0.1) is 0 Å². The van der Waals surface area contributed by atoms with Crippen LogP contribution in [0.4, 0.5) is 18.9 Å². The average Bonchev–Trinajstić information content (AvgIpc) is 2.38. The van der Waals surface area contributed by atoms with Gasteiger partial charge in [0, 0.05) is 13.0 Å². The molecule has 0 fully saturated rings. The fraction of sp³-hybridized carbons (Fsp3) is 0.562. The minimum absolute atomic E-state index is 0.0376. The highest BCUT2D eigenvalue weighted by atomic mass is 19.4. The summed E-state index contributed by atoms with van der Waals surface area (Å²) in [7, 11) is 0. The number of para-hydroxylation sites is 1. The Morgan fingerprint density at radius 1 is 1.14 bits per heavy atom. The Morgan fingerprint density at radius 3 is 2.10 bits per heavy atom. The van der Waals surface area contributed by atoms with Crippen molar-refractivity contribution in [1.82, 2.24) is 0 Å². The Labute approximate surface area is 123 Å². The molecule has 0 aliphatic carbocycles. The molecule has 2 nitrogen and oxygen atoms in total. The van der Waals surface area contributed by atoms with Gasteiger partial charge in [0.05, 0.1) is 11.3 Å². The maximum absolute atomic E-state index is 13.2. The highest BCUT2D eigenvalue weighted by Crippen LogP contribution is 2.38. The molecule has 0 saturated carbocycles. The number of alkyl halides is 3. The summed E-state index contributed by atoms with van der Waals surface area (Å²) >= 11 is 0. The molecule has 1 rings (SSSR count). The lowest BCUT2D eigenvalue weighted by molar-refractivity contribution is -0.137. The SMILES string of the molecule is CCCC(CCC)N(C(C)=O)c1ccccc1C(F)(F)F. The largest absolute Gasteiger partial charge is 0.418 e. The van der Waals surface area contributed by atoms with Gasteiger partial charge < -0.3 is 4.90 Å². The smallest absolute Gasteiger partial charge is 0.309 e. The molecule has 0 bridgehead atoms. The van der Waals surface area contributed by atoms with Crippen LogP contribution in [-0.2, 0) is 11.0 Å². The number of amides is 1. The number of benzene rings is 1. The van der Waals surface area contributed by atoms with E-state index in [9.17, 15) is 18.0 Å². The minimum atomic E-state index is -4.47. The van der Waals surface area contributed by atoms with Gasteiger partial charge in [-0.05, 0) is 25.0 Å². The minimum Gasteiger partial charge on any atom is -0.309 e. The van der Waals surface area contributed by atoms with Gasteiger partial charge in [0.1, 0.15) is 0 Å². The average molecular weight is 301 g/mol. The first-order chi connectivity index (χ1) is 9.82. The number of carbonyl (C=O) groups excluding carboxylic acids is 1. The van der Waals surface area contributed by atoms with Gasteiger partial charge in [-0.15, -0.1) is 0 Å². The first-order valence-electron chi connectivity index (χ1n) is 7.28. The van der Waals surface area contributed by atoms with E-state index < -0.39 is 11.7 Å². The summed E-state index contributed by atoms with van der Waals surface area (Å²) in [6.07, 6.45) is -1.43. The van der Waals surface area contributed by atoms with Crippen molar-refractivity contribution >= 4 is 11.6 Å². The van der Waals surface area contributed by atoms with Gasteiger partial charge in [-0.2, -0.15) is 13.2 Å². The van der Waals surface area contributed by atoms with E-state index in [2.05, 4.69) is 0 Å². The molecule has 0 N–H and O–H groups in total. The highest BCUT2D eigenvalue weighted by molar-refractivity contribution is 5.93. The second kappa shape index (κ2) is 7.48. The summed E-state index contributed by atoms with van der Waals surface area (Å²) in [5.41, 5.74) is -0.790. The summed E-state index contributed by atoms with van der Waals surface area (Å²) in [4.78, 5) is 13.3. The lowest BCUT2D eigenvalue weighted by atomic mass is 10.0. The lowest BCUT2D eigenvalue weighted by Gasteiger charge is -2.32. The van der Waals surface area contributed by atoms with E-state index in [1.54, 1.807) is 0 Å². The second-order valence-corrected chi connectivity index (χ2v) is 5.14. The summed E-state index contributed by atoms with van der Waals surface area (Å²) in [5, 5.41) is 0. The Kier molecular flexibility index (Phi) is 6.24. The molecule has 0 aliphatic heterocycles. The van der Waals surface area contributed by atoms with E-state index in [1.807, 2.05) is 13.8 Å². The molecule has 0 aliphatic rings. The van der Waals surface area contributed by atoms with Crippen molar-refractivity contribution in [2.24, 2.45) is 0 Å². The van der Waals surface area contributed by atoms with Gasteiger partial charge in [-0.1, -0.05) is 38.8 Å². The molecule has 21 heavy (non-hydrogen) atoms. The van der Waals surface area contributed by atoms with Crippen LogP contribution in [0.25, 0.3) is 0 Å². The van der Waals surface area contributed by atoms with Crippen molar-refractivity contribution in [3.8, 4) is 0 Å². The van der Waals surface area contributed by atoms with Crippen molar-refractivity contribution in [2.75, 3.05) is 4.90 Å². The zero-order valence-electron chi connectivity index (χ0n) is 12.7. The van der Waals surface area contributed by atoms with Gasteiger partial charge >= 0.3 is 6.18 Å². The molecular formula is C16H22F3NO. The molecule has 1 aromatic rings. The zero-order chi connectivity index (χ0) is 16.0. The van der Waals surface area contributed by atoms with Gasteiger partial charge in [0.15, 0.2) is 0 Å². The highest BCUT2D eigenvalue weighted by Gasteiger charge is 2.36. The number of anilines is 1. The van der Waals surface area contributed by atoms with Crippen molar-refractivity contribution in [3.63, 3.8) is 0 Å². The van der Waals surface area contributed by atoms with E-state index in [4.69, 9.17) is 0 Å². The van der Waals surface area contributed by atoms with Crippen LogP contribution in [0.2, 0.25) is 0 Å². The number of hydrogen-bond donors (Lipinski definition) is 0. The van der Waals surface area contributed by atoms with Gasteiger partial charge in [-0.3, -0.25) is 4.79 Å². The van der Waals surface area contributed by atoms with Crippen LogP contribution >= 0.6 is 0 Å². The van der Waals surface area contributed by atoms with Crippen molar-refractivity contribution in [1.29, 1.82) is 0 Å². The maximum atomic E-state index is 13.2. The predicted octanol–water partition coefficient (Wildman–Crippen LogP) is 5.03. The maximum Gasteiger partial charge on any atom is 0.418 e. The number of nitrogens with zero attached hydrogens (tertiary/aromatic N) is 1. The van der Waals surface area contributed by atoms with Crippen molar-refractivity contribution < 1.29 is 18.0 Å². The quantitative estimate of drug-likeness (QED) is 0.722. The summed E-state index contributed by atoms with van der Waals surface area (Å²) in [6, 6.07) is 5.10. The van der Waals surface area contributed by atoms with Crippen molar-refractivity contribution in [2.45, 2.75) is 58.7 Å². The molecule has 0 unspecified atom stereocenters. The second-order valence-electron chi connectivity index (χ2n) is 5.14. The van der Waals surface area contributed by atoms with Crippen LogP contribution in [-0.4, -0.2) is 11.9 Å². The van der Waals surface area contributed by atoms with E-state index in [0.29, 0.717) is 12.8 Å². The molecule has 0 spiro atoms. The van der Waals surface area contributed by atoms with Crippen LogP contribution in [0.5, 0.6) is 0 Å². The number of hydrogen-bond acceptors (Lipinski definition) is 1. The molecule has 1 amide bonds. The molecule has 0 aromatic heterocycles. The van der Waals surface area contributed by atoms with Crippen LogP contribution in [0.3, 0.4) is 0 Å². The third kappa shape index (κ3) is 4.48. The Balaban J connectivity index is 3.32. The van der Waals surface area contributed by atoms with Crippen LogP contribution < -0.4 is 4.90 Å². The predicted molar refractivity (Wildman–Crippen MR) is 78.2 cm³/mol. The molecule has 0 saturated heterocycles. The van der Waals surface area contributed by atoms with E-state index >= 15 is 0 Å². The molecular weight excluding hydrogens is 279 g/mol. The van der Waals surface area contributed by atoms with Crippen LogP contribution in [0.1, 0.15) is 52.0 Å². The zero-order valence-corrected chi connectivity index (χ0v) is 12.7. The summed E-state index contributed by atoms with van der Waals surface area (Å²) in [6.45, 7) is 5.26. The fourth-order valence-electron chi connectivity index (χ4n) is 2.62. The van der Waals surface area contributed by atoms with Crippen LogP contribution in [0.15, 0.2) is 24.3 Å². The number of halogens is 3. The molecule has 0 atom stereocenters. The standard InChI is InChI=1S/C16H22F3NO/c1-4-8-13(9-5-2)20(12(3)21)15-11-7-6-10-14(15)16(17,18)19/h6-7,10-11,13H,4-5,8-9H2,1-3H3. The first kappa shape index (κ1) is 17.5. The van der Waals surface area contributed by atoms with Gasteiger partial charge in [0.25, 0.3) is 0 Å². The Hall–Kier alpha value is -1.52. The number of carbonyl (C=O) groups is 1. The molecule has 0 heterocycles. The lowest BCUT2D eigenvalue weighted by Crippen LogP contribution is -2.40. The van der Waals surface area contributed by atoms with Gasteiger partial charge in [-0.25, -0.2) is 0 Å². The Morgan fingerprint density at radius 2 is 1.67 bits per heavy atom. The first-order valence-corrected chi connectivity index (χ1v) is 7.28. The number of rotatable bonds is 6. The third-order valence-corrected chi connectivity index (χ3v) is 3.42. The Bertz CT molecular complexity index is 465. The van der Waals surface area contributed by atoms with Gasteiger partial charge in [0.2, 0.25) is 5.91 Å². The molecule has 118 valence electrons. The molecule has 5 heteroatoms. The topological polar surface area (TPSA) is 20.3 Å². The third-order valence-electron chi connectivity index (χ3n) is 3.42. The van der Waals surface area contributed by atoms with E-state index in [1.165, 1.54) is 30.0 Å². The summed E-state index contributed by atoms with van der Waals surface area (Å²) in [5.74, 6) is -0.349. The molecule has 0 radical (unpaired) electrons. The fourth-order valence-corrected chi connectivity index (χ4v) is 2.62.